The predicted octanol–water partition coefficient (Wildman–Crippen LogP) is 1.34. The van der Waals surface area contributed by atoms with E-state index in [4.69, 9.17) is 0 Å². The third kappa shape index (κ3) is 3.41. The molecule has 2 aliphatic rings. The Morgan fingerprint density at radius 3 is 2.43 bits per heavy atom. The van der Waals surface area contributed by atoms with Crippen LogP contribution in [0.4, 0.5) is 9.57 Å². The van der Waals surface area contributed by atoms with Crippen LogP contribution in [0.5, 0.6) is 0 Å². The van der Waals surface area contributed by atoms with Crippen molar-refractivity contribution < 1.29 is 17.1 Å². The van der Waals surface area contributed by atoms with E-state index in [1.54, 1.807) is 12.1 Å². The highest BCUT2D eigenvalue weighted by Gasteiger charge is 2.38. The monoisotopic (exact) mass is 312 g/mol. The number of hydrogen-bond acceptors (Lipinski definition) is 4. The predicted molar refractivity (Wildman–Crippen MR) is 77.1 cm³/mol. The molecule has 114 valence electrons. The fraction of sp³-hybridized carbons (Fsp3) is 0.500. The van der Waals surface area contributed by atoms with Crippen LogP contribution in [0.1, 0.15) is 24.8 Å². The second kappa shape index (κ2) is 5.38. The molecular formula is C14H17FN2O3S. The second-order valence-electron chi connectivity index (χ2n) is 5.63. The maximum atomic E-state index is 13.0. The molecule has 0 bridgehead atoms. The summed E-state index contributed by atoms with van der Waals surface area (Å²) >= 11 is 0. The molecule has 1 aromatic carbocycles. The quantitative estimate of drug-likeness (QED) is 0.833. The number of carbonyl (C=O) groups is 1. The number of amides is 1. The van der Waals surface area contributed by atoms with Crippen molar-refractivity contribution in [2.45, 2.75) is 37.1 Å². The molecule has 1 N–H and O–H groups in total. The molecule has 1 unspecified atom stereocenters. The van der Waals surface area contributed by atoms with Gasteiger partial charge in [-0.25, -0.2) is 0 Å². The first-order chi connectivity index (χ1) is 9.93. The fourth-order valence-corrected chi connectivity index (χ4v) is 3.13. The molecule has 0 radical (unpaired) electrons. The normalized spacial score (nSPS) is 22.8. The van der Waals surface area contributed by atoms with E-state index in [1.165, 1.54) is 17.7 Å². The molecule has 0 spiro atoms. The number of rotatable bonds is 5. The Balaban J connectivity index is 1.67. The lowest BCUT2D eigenvalue weighted by atomic mass is 10.2. The van der Waals surface area contributed by atoms with Crippen LogP contribution in [0.25, 0.3) is 0 Å². The highest BCUT2D eigenvalue weighted by atomic mass is 32.3. The van der Waals surface area contributed by atoms with Gasteiger partial charge in [0.1, 0.15) is 5.25 Å². The zero-order valence-electron chi connectivity index (χ0n) is 11.5. The van der Waals surface area contributed by atoms with Gasteiger partial charge in [-0.2, -0.15) is 8.42 Å². The van der Waals surface area contributed by atoms with Gasteiger partial charge in [-0.3, -0.25) is 4.79 Å². The smallest absolute Gasteiger partial charge is 0.307 e. The highest BCUT2D eigenvalue weighted by molar-refractivity contribution is 7.87. The van der Waals surface area contributed by atoms with Crippen LogP contribution >= 0.6 is 0 Å². The number of nitrogens with zero attached hydrogens (tertiary/aromatic N) is 1. The van der Waals surface area contributed by atoms with Gasteiger partial charge in [0.2, 0.25) is 5.91 Å². The van der Waals surface area contributed by atoms with Crippen LogP contribution in [-0.2, 0) is 21.6 Å². The van der Waals surface area contributed by atoms with Crippen molar-refractivity contribution in [1.29, 1.82) is 0 Å². The van der Waals surface area contributed by atoms with Crippen molar-refractivity contribution in [3.8, 4) is 0 Å². The van der Waals surface area contributed by atoms with Gasteiger partial charge in [0.25, 0.3) is 0 Å². The summed E-state index contributed by atoms with van der Waals surface area (Å²) in [4.78, 5) is 13.2. The standard InChI is InChI=1S/C14H17FN2O3S/c15-21(19,20)13-7-14(18)17(9-13)12-5-1-10(2-6-12)8-16-11-3-4-11/h1-2,5-6,11,13,16H,3-4,7-9H2. The summed E-state index contributed by atoms with van der Waals surface area (Å²) in [5, 5.41) is 2.14. The molecule has 3 rings (SSSR count). The molecule has 2 fully saturated rings. The molecule has 1 atom stereocenters. The third-order valence-electron chi connectivity index (χ3n) is 3.91. The highest BCUT2D eigenvalue weighted by Crippen LogP contribution is 2.26. The van der Waals surface area contributed by atoms with Crippen molar-refractivity contribution >= 4 is 21.8 Å². The molecule has 0 aromatic heterocycles. The third-order valence-corrected chi connectivity index (χ3v) is 5.02. The van der Waals surface area contributed by atoms with Crippen LogP contribution < -0.4 is 10.2 Å². The molecule has 7 heteroatoms. The Morgan fingerprint density at radius 2 is 1.90 bits per heavy atom. The average Bonchev–Trinajstić information content (AvgIpc) is 3.17. The van der Waals surface area contributed by atoms with Crippen molar-refractivity contribution in [2.75, 3.05) is 11.4 Å². The molecule has 1 amide bonds. The van der Waals surface area contributed by atoms with E-state index in [2.05, 4.69) is 5.32 Å². The minimum atomic E-state index is -4.67. The van der Waals surface area contributed by atoms with Crippen LogP contribution in [0.2, 0.25) is 0 Å². The van der Waals surface area contributed by atoms with E-state index in [9.17, 15) is 17.1 Å². The maximum absolute atomic E-state index is 13.0. The lowest BCUT2D eigenvalue weighted by Crippen LogP contribution is -2.26. The molecule has 21 heavy (non-hydrogen) atoms. The van der Waals surface area contributed by atoms with E-state index in [0.29, 0.717) is 11.7 Å². The largest absolute Gasteiger partial charge is 0.311 e. The fourth-order valence-electron chi connectivity index (χ4n) is 2.46. The Bertz CT molecular complexity index is 641. The Kier molecular flexibility index (Phi) is 3.71. The summed E-state index contributed by atoms with van der Waals surface area (Å²) in [6, 6.07) is 7.97. The summed E-state index contributed by atoms with van der Waals surface area (Å²) in [7, 11) is -4.67. The summed E-state index contributed by atoms with van der Waals surface area (Å²) in [6.07, 6.45) is 2.16. The second-order valence-corrected chi connectivity index (χ2v) is 7.25. The van der Waals surface area contributed by atoms with Crippen LogP contribution in [0, 0.1) is 0 Å². The molecule has 1 aliphatic carbocycles. The topological polar surface area (TPSA) is 66.5 Å². The number of hydrogen-bond donors (Lipinski definition) is 1. The van der Waals surface area contributed by atoms with Gasteiger partial charge < -0.3 is 10.2 Å². The SMILES string of the molecule is O=C1CC(S(=O)(=O)F)CN1c1ccc(CNC2CC2)cc1. The number of carbonyl (C=O) groups excluding carboxylic acids is 1. The molecule has 1 aliphatic heterocycles. The van der Waals surface area contributed by atoms with Crippen LogP contribution in [0.15, 0.2) is 24.3 Å². The van der Waals surface area contributed by atoms with Gasteiger partial charge in [0.05, 0.1) is 0 Å². The molecular weight excluding hydrogens is 295 g/mol. The zero-order valence-corrected chi connectivity index (χ0v) is 12.3. The van der Waals surface area contributed by atoms with Gasteiger partial charge in [-0.05, 0) is 30.5 Å². The van der Waals surface area contributed by atoms with E-state index in [0.717, 1.165) is 12.1 Å². The first-order valence-electron chi connectivity index (χ1n) is 6.99. The lowest BCUT2D eigenvalue weighted by molar-refractivity contribution is -0.117. The Labute approximate surface area is 123 Å². The number of benzene rings is 1. The van der Waals surface area contributed by atoms with Gasteiger partial charge >= 0.3 is 10.2 Å². The first-order valence-corrected chi connectivity index (χ1v) is 8.44. The van der Waals surface area contributed by atoms with Gasteiger partial charge in [0.15, 0.2) is 0 Å². The first kappa shape index (κ1) is 14.5. The van der Waals surface area contributed by atoms with Crippen molar-refractivity contribution in [3.05, 3.63) is 29.8 Å². The number of halogens is 1. The van der Waals surface area contributed by atoms with E-state index in [1.807, 2.05) is 12.1 Å². The maximum Gasteiger partial charge on any atom is 0.307 e. The molecule has 1 saturated heterocycles. The van der Waals surface area contributed by atoms with E-state index in [-0.39, 0.29) is 18.9 Å². The van der Waals surface area contributed by atoms with Crippen LogP contribution in [0.3, 0.4) is 0 Å². The van der Waals surface area contributed by atoms with Gasteiger partial charge in [-0.1, -0.05) is 12.1 Å². The molecule has 5 nitrogen and oxygen atoms in total. The number of anilines is 1. The minimum Gasteiger partial charge on any atom is -0.311 e. The zero-order chi connectivity index (χ0) is 15.0. The Morgan fingerprint density at radius 1 is 1.24 bits per heavy atom. The molecule has 1 aromatic rings. The van der Waals surface area contributed by atoms with Crippen molar-refractivity contribution in [3.63, 3.8) is 0 Å². The van der Waals surface area contributed by atoms with Crippen molar-refractivity contribution in [2.24, 2.45) is 0 Å². The van der Waals surface area contributed by atoms with E-state index < -0.39 is 15.5 Å². The lowest BCUT2D eigenvalue weighted by Gasteiger charge is -2.16. The molecule has 1 saturated carbocycles. The van der Waals surface area contributed by atoms with Gasteiger partial charge in [-0.15, -0.1) is 3.89 Å². The summed E-state index contributed by atoms with van der Waals surface area (Å²) in [6.45, 7) is 0.664. The van der Waals surface area contributed by atoms with E-state index >= 15 is 0 Å². The van der Waals surface area contributed by atoms with Crippen LogP contribution in [-0.4, -0.2) is 32.2 Å². The van der Waals surface area contributed by atoms with Gasteiger partial charge in [0, 0.05) is 31.2 Å². The average molecular weight is 312 g/mol. The summed E-state index contributed by atoms with van der Waals surface area (Å²) < 4.78 is 34.8. The Hall–Kier alpha value is -1.47. The summed E-state index contributed by atoms with van der Waals surface area (Å²) in [5.41, 5.74) is 1.72. The van der Waals surface area contributed by atoms with Crippen molar-refractivity contribution in [1.82, 2.24) is 5.32 Å². The minimum absolute atomic E-state index is 0.114. The summed E-state index contributed by atoms with van der Waals surface area (Å²) in [5.74, 6) is -0.356. The molecule has 1 heterocycles. The number of nitrogens with one attached hydrogen (secondary N) is 1.